The summed E-state index contributed by atoms with van der Waals surface area (Å²) in [6.07, 6.45) is 14.1. The summed E-state index contributed by atoms with van der Waals surface area (Å²) in [5, 5.41) is 12.4. The third kappa shape index (κ3) is 24.3. The van der Waals surface area contributed by atoms with Crippen molar-refractivity contribution in [3.05, 3.63) is 266 Å². The van der Waals surface area contributed by atoms with Crippen LogP contribution >= 0.6 is 38.5 Å². The fourth-order valence-corrected chi connectivity index (χ4v) is 11.9. The highest BCUT2D eigenvalue weighted by Crippen LogP contribution is 2.37. The van der Waals surface area contributed by atoms with E-state index in [1.807, 2.05) is 103 Å². The molecule has 1 saturated heterocycles. The maximum atomic E-state index is 14.3. The third-order valence-electron chi connectivity index (χ3n) is 14.7. The number of carbonyl (C=O) groups excluding carboxylic acids is 4. The third-order valence-corrected chi connectivity index (χ3v) is 17.5. The molecule has 0 atom stereocenters. The lowest BCUT2D eigenvalue weighted by Crippen LogP contribution is -2.41. The van der Waals surface area contributed by atoms with Gasteiger partial charge >= 0.3 is 19.4 Å². The van der Waals surface area contributed by atoms with Crippen molar-refractivity contribution in [1.82, 2.24) is 28.8 Å². The maximum absolute atomic E-state index is 14.3. The van der Waals surface area contributed by atoms with Gasteiger partial charge in [-0.25, -0.2) is 56.7 Å². The van der Waals surface area contributed by atoms with Gasteiger partial charge in [0.2, 0.25) is 10.0 Å². The van der Waals surface area contributed by atoms with Crippen LogP contribution in [0, 0.1) is 66.2 Å². The average Bonchev–Trinajstić information content (AvgIpc) is 1.64. The summed E-state index contributed by atoms with van der Waals surface area (Å²) >= 11 is 5.64. The Kier molecular flexibility index (Phi) is 28.4. The van der Waals surface area contributed by atoms with Gasteiger partial charge in [-0.1, -0.05) is 42.5 Å². The van der Waals surface area contributed by atoms with Crippen LogP contribution in [0.3, 0.4) is 0 Å². The van der Waals surface area contributed by atoms with Crippen LogP contribution in [0.5, 0.6) is 0 Å². The number of hydrogen-bond acceptors (Lipinski definition) is 14. The number of benzene rings is 6. The molecule has 0 saturated carbocycles. The first-order valence-corrected chi connectivity index (χ1v) is 35.8. The smallest absolute Gasteiger partial charge is 0.399 e. The minimum Gasteiger partial charge on any atom is -0.399 e. The second kappa shape index (κ2) is 35.6. The largest absolute Gasteiger partial charge is 0.494 e. The topological polar surface area (TPSA) is 245 Å². The SMILES string of the molecule is Brc1ccc2ccnn2c1.CC1(C)OB(c2cc(CS(C)(=O)=O)cc(-c3ccc(F)cc3F)c2)OC1(C)C.Cc1cc(N)cc(-c2ccc(F)cc2F)c1.Cc1cc(NS(C)(=O)=O)cc(-c2ccc(F)cc2F)c1.Cc1ccc2c(I)cnn2c1.Cc1ccc2ccnn2c1.O=C=O.O=C=O. The summed E-state index contributed by atoms with van der Waals surface area (Å²) in [4.78, 5) is 32.5. The molecule has 7 heterocycles. The molecule has 1 aliphatic heterocycles. The van der Waals surface area contributed by atoms with Crippen molar-refractivity contribution in [3.63, 3.8) is 0 Å². The van der Waals surface area contributed by atoms with Gasteiger partial charge in [0, 0.05) is 88.0 Å². The zero-order valence-corrected chi connectivity index (χ0v) is 61.3. The van der Waals surface area contributed by atoms with E-state index < -0.39 is 73.1 Å². The van der Waals surface area contributed by atoms with Crippen LogP contribution in [0.1, 0.15) is 55.5 Å². The molecule has 29 heteroatoms. The van der Waals surface area contributed by atoms with E-state index in [4.69, 9.17) is 34.2 Å². The molecule has 0 radical (unpaired) electrons. The molecule has 3 N–H and O–H groups in total. The Labute approximate surface area is 601 Å². The predicted octanol–water partition coefficient (Wildman–Crippen LogP) is 15.1. The molecule has 13 rings (SSSR count). The Morgan fingerprint density at radius 1 is 0.535 bits per heavy atom. The van der Waals surface area contributed by atoms with Gasteiger partial charge in [-0.05, 0) is 241 Å². The number of anilines is 2. The lowest BCUT2D eigenvalue weighted by molar-refractivity contribution is -0.193. The fraction of sp³-hybridized carbons (Fsp3) is 0.181. The lowest BCUT2D eigenvalue weighted by atomic mass is 9.77. The molecule has 6 aromatic heterocycles. The van der Waals surface area contributed by atoms with Crippen molar-refractivity contribution < 1.29 is 71.7 Å². The van der Waals surface area contributed by atoms with E-state index >= 15 is 0 Å². The van der Waals surface area contributed by atoms with Crippen LogP contribution in [0.15, 0.2) is 199 Å². The average molecular weight is 1600 g/mol. The first kappa shape index (κ1) is 80.4. The van der Waals surface area contributed by atoms with Crippen LogP contribution in [0.25, 0.3) is 49.9 Å². The summed E-state index contributed by atoms with van der Waals surface area (Å²) in [7, 11) is -7.46. The van der Waals surface area contributed by atoms with Gasteiger partial charge in [-0.3, -0.25) is 4.72 Å². The first-order valence-electron chi connectivity index (χ1n) is 30.0. The highest BCUT2D eigenvalue weighted by molar-refractivity contribution is 14.1. The Balaban J connectivity index is 0.000000195. The van der Waals surface area contributed by atoms with E-state index in [0.717, 1.165) is 69.5 Å². The molecular weight excluding hydrogens is 1530 g/mol. The van der Waals surface area contributed by atoms with E-state index in [1.54, 1.807) is 61.8 Å². The Morgan fingerprint density at radius 3 is 1.46 bits per heavy atom. The second-order valence-electron chi connectivity index (χ2n) is 23.7. The predicted molar refractivity (Wildman–Crippen MR) is 387 cm³/mol. The summed E-state index contributed by atoms with van der Waals surface area (Å²) in [5.74, 6) is -4.13. The van der Waals surface area contributed by atoms with Crippen molar-refractivity contribution in [1.29, 1.82) is 0 Å². The minimum absolute atomic E-state index is 0.175. The first-order chi connectivity index (χ1) is 47.4. The number of aryl methyl sites for hydroxylation is 4. The van der Waals surface area contributed by atoms with Crippen molar-refractivity contribution >= 4 is 111 Å². The van der Waals surface area contributed by atoms with Gasteiger partial charge < -0.3 is 15.0 Å². The van der Waals surface area contributed by atoms with Crippen LogP contribution in [0.4, 0.5) is 37.7 Å². The molecule has 18 nitrogen and oxygen atoms in total. The Hall–Kier alpha value is -9.58. The number of nitrogens with one attached hydrogen (secondary N) is 1. The summed E-state index contributed by atoms with van der Waals surface area (Å²) in [5.41, 5.74) is 16.4. The van der Waals surface area contributed by atoms with E-state index in [9.17, 15) is 43.2 Å². The van der Waals surface area contributed by atoms with Gasteiger partial charge in [-0.2, -0.15) is 34.5 Å². The monoisotopic (exact) mass is 1600 g/mol. The molecule has 12 aromatic rings. The number of aromatic nitrogens is 6. The van der Waals surface area contributed by atoms with Gasteiger partial charge in [-0.15, -0.1) is 0 Å². The number of hydrogen-bond donors (Lipinski definition) is 2. The molecule has 0 unspecified atom stereocenters. The normalized spacial score (nSPS) is 12.4. The standard InChI is InChI=1S/C20H23BF2O4S.C14H13F2NO2S.C13H11F2N.C8H7IN2.C8H8N2.C7H5BrN2.2CO2/c1-19(2)20(3,4)27-21(26-19)15-9-13(12-28(5,24)25)8-14(10-15)17-7-6-16(22)11-18(17)23;1-9-5-10(7-12(6-9)17-20(2,18)19)13-4-3-11(15)8-14(13)16;1-8-4-9(6-11(16)5-8)12-3-2-10(14)7-13(12)15;1-6-2-3-8-7(9)4-10-11(8)5-6;1-7-2-3-8-4-5-9-10(8)6-7;8-6-1-2-7-3-4-9-10(7)5-6;2*2-1-3/h6-11H,12H2,1-5H3;3-8,17H,1-2H3;2-7H,16H2,1H3;2-5H,1H3;2-6H,1H3;1-5H;;. The number of pyridine rings is 3. The lowest BCUT2D eigenvalue weighted by Gasteiger charge is -2.32. The number of sulfone groups is 1. The highest BCUT2D eigenvalue weighted by Gasteiger charge is 2.52. The molecule has 101 heavy (non-hydrogen) atoms. The van der Waals surface area contributed by atoms with E-state index in [0.29, 0.717) is 44.7 Å². The Morgan fingerprint density at radius 2 is 0.980 bits per heavy atom. The molecule has 1 fully saturated rings. The minimum atomic E-state index is -3.41. The Bertz CT molecular complexity index is 5090. The van der Waals surface area contributed by atoms with Crippen molar-refractivity contribution in [3.8, 4) is 33.4 Å². The molecule has 0 bridgehead atoms. The molecular formula is C72H67BBrF6IN8O10S2. The van der Waals surface area contributed by atoms with Gasteiger partial charge in [0.25, 0.3) is 0 Å². The number of nitrogens with two attached hydrogens (primary N) is 1. The van der Waals surface area contributed by atoms with Crippen molar-refractivity contribution in [2.45, 2.75) is 72.3 Å². The van der Waals surface area contributed by atoms with Crippen molar-refractivity contribution in [2.75, 3.05) is 23.0 Å². The number of sulfonamides is 1. The summed E-state index contributed by atoms with van der Waals surface area (Å²) in [6, 6.07) is 41.4. The van der Waals surface area contributed by atoms with E-state index in [-0.39, 0.29) is 29.2 Å². The summed E-state index contributed by atoms with van der Waals surface area (Å²) in [6.45, 7) is 15.4. The molecule has 6 aromatic carbocycles. The second-order valence-corrected chi connectivity index (χ2v) is 29.7. The molecule has 0 spiro atoms. The van der Waals surface area contributed by atoms with Crippen LogP contribution in [0.2, 0.25) is 0 Å². The maximum Gasteiger partial charge on any atom is 0.494 e. The van der Waals surface area contributed by atoms with Gasteiger partial charge in [0.05, 0.1) is 49.5 Å². The number of halogens is 8. The fourth-order valence-electron chi connectivity index (χ4n) is 9.69. The van der Waals surface area contributed by atoms with E-state index in [1.165, 1.54) is 50.5 Å². The quantitative estimate of drug-likeness (QED) is 0.0622. The number of nitrogen functional groups attached to an aromatic ring is 1. The zero-order chi connectivity index (χ0) is 74.7. The van der Waals surface area contributed by atoms with Crippen molar-refractivity contribution in [2.24, 2.45) is 0 Å². The van der Waals surface area contributed by atoms with Gasteiger partial charge in [0.1, 0.15) is 34.9 Å². The summed E-state index contributed by atoms with van der Waals surface area (Å²) < 4.78 is 149. The number of nitrogens with zero attached hydrogens (tertiary/aromatic N) is 6. The zero-order valence-electron chi connectivity index (χ0n) is 55.9. The highest BCUT2D eigenvalue weighted by atomic mass is 127. The molecule has 0 aliphatic carbocycles. The van der Waals surface area contributed by atoms with Crippen LogP contribution < -0.4 is 15.9 Å². The number of rotatable bonds is 8. The number of fused-ring (bicyclic) bond motifs is 3. The van der Waals surface area contributed by atoms with Crippen LogP contribution in [-0.4, -0.2) is 88.8 Å². The molecule has 0 amide bonds. The van der Waals surface area contributed by atoms with E-state index in [2.05, 4.69) is 96.7 Å². The van der Waals surface area contributed by atoms with Crippen LogP contribution in [-0.2, 0) is 54.1 Å². The molecule has 1 aliphatic rings. The molecule has 526 valence electrons. The van der Waals surface area contributed by atoms with Gasteiger partial charge in [0.15, 0.2) is 9.84 Å².